The van der Waals surface area contributed by atoms with Crippen LogP contribution in [0.2, 0.25) is 0 Å². The van der Waals surface area contributed by atoms with Gasteiger partial charge >= 0.3 is 11.9 Å². The molecule has 6 nitrogen and oxygen atoms in total. The summed E-state index contributed by atoms with van der Waals surface area (Å²) in [5.41, 5.74) is 0. The molecule has 0 saturated heterocycles. The highest BCUT2D eigenvalue weighted by molar-refractivity contribution is 5.70. The molecule has 18 heavy (non-hydrogen) atoms. The number of esters is 2. The van der Waals surface area contributed by atoms with Crippen molar-refractivity contribution in [3.05, 3.63) is 0 Å². The van der Waals surface area contributed by atoms with Gasteiger partial charge in [-0.25, -0.2) is 9.59 Å². The molecule has 0 aromatic heterocycles. The van der Waals surface area contributed by atoms with Crippen molar-refractivity contribution in [1.29, 1.82) is 0 Å². The van der Waals surface area contributed by atoms with Gasteiger partial charge in [0, 0.05) is 13.2 Å². The minimum absolute atomic E-state index is 0.0163. The van der Waals surface area contributed by atoms with E-state index < -0.39 is 0 Å². The largest absolute Gasteiger partial charge is 0.464 e. The van der Waals surface area contributed by atoms with Crippen molar-refractivity contribution >= 4 is 11.9 Å². The van der Waals surface area contributed by atoms with Crippen LogP contribution in [0.25, 0.3) is 0 Å². The number of carbonyl (C=O) groups is 2. The smallest absolute Gasteiger partial charge is 0.332 e. The molecular weight excluding hydrogens is 240 g/mol. The molecule has 0 aromatic rings. The molecule has 0 unspecified atom stereocenters. The van der Waals surface area contributed by atoms with E-state index in [9.17, 15) is 9.59 Å². The maximum Gasteiger partial charge on any atom is 0.332 e. The SMILES string of the molecule is CCOC(=O)COCCCCOCC(=O)OCC. The van der Waals surface area contributed by atoms with Gasteiger partial charge in [-0.1, -0.05) is 0 Å². The number of rotatable bonds is 11. The van der Waals surface area contributed by atoms with Gasteiger partial charge in [-0.15, -0.1) is 0 Å². The van der Waals surface area contributed by atoms with E-state index >= 15 is 0 Å². The van der Waals surface area contributed by atoms with Gasteiger partial charge in [-0.3, -0.25) is 0 Å². The van der Waals surface area contributed by atoms with Gasteiger partial charge in [0.1, 0.15) is 13.2 Å². The van der Waals surface area contributed by atoms with Crippen molar-refractivity contribution in [2.75, 3.05) is 39.6 Å². The topological polar surface area (TPSA) is 71.1 Å². The summed E-state index contributed by atoms with van der Waals surface area (Å²) in [6.45, 7) is 5.14. The monoisotopic (exact) mass is 262 g/mol. The first kappa shape index (κ1) is 16.9. The minimum Gasteiger partial charge on any atom is -0.464 e. The summed E-state index contributed by atoms with van der Waals surface area (Å²) in [6, 6.07) is 0. The molecule has 0 bridgehead atoms. The molecule has 0 fully saturated rings. The summed E-state index contributed by atoms with van der Waals surface area (Å²) in [6.07, 6.45) is 1.53. The predicted molar refractivity (Wildman–Crippen MR) is 64.1 cm³/mol. The highest BCUT2D eigenvalue weighted by Gasteiger charge is 2.02. The van der Waals surface area contributed by atoms with Gasteiger partial charge in [-0.05, 0) is 26.7 Å². The highest BCUT2D eigenvalue weighted by atomic mass is 16.6. The Bertz CT molecular complexity index is 205. The third kappa shape index (κ3) is 11.3. The fourth-order valence-corrected chi connectivity index (χ4v) is 1.12. The Balaban J connectivity index is 3.16. The lowest BCUT2D eigenvalue weighted by Gasteiger charge is -2.05. The normalized spacial score (nSPS) is 10.1. The Kier molecular flexibility index (Phi) is 11.5. The molecule has 0 aromatic carbocycles. The molecule has 0 N–H and O–H groups in total. The third-order valence-electron chi connectivity index (χ3n) is 1.88. The minimum atomic E-state index is -0.351. The van der Waals surface area contributed by atoms with Crippen molar-refractivity contribution in [2.45, 2.75) is 26.7 Å². The van der Waals surface area contributed by atoms with E-state index in [1.54, 1.807) is 13.8 Å². The molecule has 6 heteroatoms. The van der Waals surface area contributed by atoms with Crippen LogP contribution < -0.4 is 0 Å². The maximum absolute atomic E-state index is 10.9. The van der Waals surface area contributed by atoms with E-state index in [0.29, 0.717) is 26.4 Å². The van der Waals surface area contributed by atoms with Crippen molar-refractivity contribution in [1.82, 2.24) is 0 Å². The van der Waals surface area contributed by atoms with Crippen LogP contribution in [0.4, 0.5) is 0 Å². The Hall–Kier alpha value is -1.14. The highest BCUT2D eigenvalue weighted by Crippen LogP contribution is 1.93. The number of carbonyl (C=O) groups excluding carboxylic acids is 2. The second kappa shape index (κ2) is 12.3. The quantitative estimate of drug-likeness (QED) is 0.407. The van der Waals surface area contributed by atoms with Crippen LogP contribution in [0.3, 0.4) is 0 Å². The average Bonchev–Trinajstić information content (AvgIpc) is 2.33. The molecule has 0 aliphatic rings. The van der Waals surface area contributed by atoms with Gasteiger partial charge in [-0.2, -0.15) is 0 Å². The average molecular weight is 262 g/mol. The van der Waals surface area contributed by atoms with Crippen molar-refractivity contribution in [3.8, 4) is 0 Å². The second-order valence-electron chi connectivity index (χ2n) is 3.42. The second-order valence-corrected chi connectivity index (χ2v) is 3.42. The van der Waals surface area contributed by atoms with Gasteiger partial charge in [0.05, 0.1) is 13.2 Å². The molecule has 0 spiro atoms. The molecule has 0 heterocycles. The molecule has 0 aliphatic heterocycles. The number of unbranched alkanes of at least 4 members (excludes halogenated alkanes) is 1. The Labute approximate surface area is 108 Å². The summed E-state index contributed by atoms with van der Waals surface area (Å²) in [7, 11) is 0. The lowest BCUT2D eigenvalue weighted by molar-refractivity contribution is -0.149. The zero-order chi connectivity index (χ0) is 13.6. The van der Waals surface area contributed by atoms with Crippen molar-refractivity contribution in [2.24, 2.45) is 0 Å². The summed E-state index contributed by atoms with van der Waals surface area (Å²) in [5.74, 6) is -0.702. The van der Waals surface area contributed by atoms with Crippen LogP contribution in [0.15, 0.2) is 0 Å². The molecule has 0 aliphatic carbocycles. The van der Waals surface area contributed by atoms with Crippen LogP contribution >= 0.6 is 0 Å². The number of ether oxygens (including phenoxy) is 4. The van der Waals surface area contributed by atoms with Crippen LogP contribution in [0.1, 0.15) is 26.7 Å². The van der Waals surface area contributed by atoms with E-state index in [1.807, 2.05) is 0 Å². The number of hydrogen-bond acceptors (Lipinski definition) is 6. The lowest BCUT2D eigenvalue weighted by atomic mass is 10.3. The number of hydrogen-bond donors (Lipinski definition) is 0. The fraction of sp³-hybridized carbons (Fsp3) is 0.833. The lowest BCUT2D eigenvalue weighted by Crippen LogP contribution is -2.14. The predicted octanol–water partition coefficient (Wildman–Crippen LogP) is 0.926. The Morgan fingerprint density at radius 1 is 0.778 bits per heavy atom. The van der Waals surface area contributed by atoms with Gasteiger partial charge in [0.2, 0.25) is 0 Å². The summed E-state index contributed by atoms with van der Waals surface area (Å²) in [5, 5.41) is 0. The molecule has 106 valence electrons. The fourth-order valence-electron chi connectivity index (χ4n) is 1.12. The van der Waals surface area contributed by atoms with Crippen molar-refractivity contribution < 1.29 is 28.5 Å². The van der Waals surface area contributed by atoms with E-state index in [-0.39, 0.29) is 25.2 Å². The van der Waals surface area contributed by atoms with Crippen molar-refractivity contribution in [3.63, 3.8) is 0 Å². The van der Waals surface area contributed by atoms with Gasteiger partial charge in [0.25, 0.3) is 0 Å². The Morgan fingerprint density at radius 3 is 1.50 bits per heavy atom. The molecule has 0 atom stereocenters. The standard InChI is InChI=1S/C12H22O6/c1-3-17-11(13)9-15-7-5-6-8-16-10-12(14)18-4-2/h3-10H2,1-2H3. The third-order valence-corrected chi connectivity index (χ3v) is 1.88. The zero-order valence-electron chi connectivity index (χ0n) is 11.1. The van der Waals surface area contributed by atoms with Gasteiger partial charge < -0.3 is 18.9 Å². The van der Waals surface area contributed by atoms with E-state index in [0.717, 1.165) is 12.8 Å². The first-order chi connectivity index (χ1) is 8.70. The van der Waals surface area contributed by atoms with E-state index in [4.69, 9.17) is 18.9 Å². The first-order valence-electron chi connectivity index (χ1n) is 6.17. The van der Waals surface area contributed by atoms with Gasteiger partial charge in [0.15, 0.2) is 0 Å². The summed E-state index contributed by atoms with van der Waals surface area (Å²) >= 11 is 0. The Morgan fingerprint density at radius 2 is 1.17 bits per heavy atom. The maximum atomic E-state index is 10.9. The van der Waals surface area contributed by atoms with E-state index in [1.165, 1.54) is 0 Å². The molecule has 0 radical (unpaired) electrons. The zero-order valence-corrected chi connectivity index (χ0v) is 11.1. The molecule has 0 amide bonds. The van der Waals surface area contributed by atoms with Crippen LogP contribution in [-0.4, -0.2) is 51.6 Å². The van der Waals surface area contributed by atoms with Crippen LogP contribution in [-0.2, 0) is 28.5 Å². The summed E-state index contributed by atoms with van der Waals surface area (Å²) in [4.78, 5) is 21.8. The van der Waals surface area contributed by atoms with Crippen LogP contribution in [0, 0.1) is 0 Å². The van der Waals surface area contributed by atoms with E-state index in [2.05, 4.69) is 0 Å². The molecule has 0 rings (SSSR count). The first-order valence-corrected chi connectivity index (χ1v) is 6.17. The summed E-state index contributed by atoms with van der Waals surface area (Å²) < 4.78 is 19.6. The molecular formula is C12H22O6. The van der Waals surface area contributed by atoms with Crippen LogP contribution in [0.5, 0.6) is 0 Å². The molecule has 0 saturated carbocycles.